The summed E-state index contributed by atoms with van der Waals surface area (Å²) in [7, 11) is -3.26. The van der Waals surface area contributed by atoms with Gasteiger partial charge < -0.3 is 5.32 Å². The van der Waals surface area contributed by atoms with Crippen molar-refractivity contribution < 1.29 is 21.6 Å². The highest BCUT2D eigenvalue weighted by atomic mass is 32.2. The minimum Gasteiger partial charge on any atom is -0.384 e. The van der Waals surface area contributed by atoms with Crippen LogP contribution in [0.15, 0.2) is 18.2 Å². The molecule has 8 heteroatoms. The van der Waals surface area contributed by atoms with Gasteiger partial charge >= 0.3 is 6.18 Å². The zero-order valence-electron chi connectivity index (χ0n) is 11.5. The van der Waals surface area contributed by atoms with E-state index in [4.69, 9.17) is 5.26 Å². The molecule has 1 aromatic rings. The first kappa shape index (κ1) is 17.3. The fourth-order valence-corrected chi connectivity index (χ4v) is 2.42. The molecule has 1 aromatic carbocycles. The highest BCUT2D eigenvalue weighted by Crippen LogP contribution is 2.33. The Balaban J connectivity index is 2.86. The lowest BCUT2D eigenvalue weighted by atomic mass is 10.1. The predicted molar refractivity (Wildman–Crippen MR) is 73.6 cm³/mol. The van der Waals surface area contributed by atoms with E-state index in [1.807, 2.05) is 0 Å². The maximum atomic E-state index is 12.8. The van der Waals surface area contributed by atoms with Crippen LogP contribution in [0.4, 0.5) is 18.9 Å². The molecule has 116 valence electrons. The molecule has 0 aromatic heterocycles. The van der Waals surface area contributed by atoms with Crippen LogP contribution in [0.3, 0.4) is 0 Å². The van der Waals surface area contributed by atoms with Crippen molar-refractivity contribution in [2.24, 2.45) is 0 Å². The molecule has 0 aliphatic heterocycles. The molecular weight excluding hydrogens is 305 g/mol. The van der Waals surface area contributed by atoms with Gasteiger partial charge in [-0.25, -0.2) is 8.42 Å². The first-order valence-electron chi connectivity index (χ1n) is 6.14. The quantitative estimate of drug-likeness (QED) is 0.905. The van der Waals surface area contributed by atoms with Crippen LogP contribution < -0.4 is 5.32 Å². The lowest BCUT2D eigenvalue weighted by Crippen LogP contribution is -2.23. The van der Waals surface area contributed by atoms with Gasteiger partial charge in [0.15, 0.2) is 9.84 Å². The summed E-state index contributed by atoms with van der Waals surface area (Å²) in [5, 5.41) is 10.8. The monoisotopic (exact) mass is 320 g/mol. The van der Waals surface area contributed by atoms with Crippen molar-refractivity contribution in [3.63, 3.8) is 0 Å². The van der Waals surface area contributed by atoms with Crippen LogP contribution in [0.1, 0.15) is 25.0 Å². The second-order valence-corrected chi connectivity index (χ2v) is 7.39. The summed E-state index contributed by atoms with van der Waals surface area (Å²) in [4.78, 5) is 0. The Morgan fingerprint density at radius 3 is 2.43 bits per heavy atom. The van der Waals surface area contributed by atoms with Crippen molar-refractivity contribution in [1.29, 1.82) is 5.26 Å². The Morgan fingerprint density at radius 1 is 1.33 bits per heavy atom. The Hall–Kier alpha value is -1.75. The van der Waals surface area contributed by atoms with Crippen LogP contribution in [0.5, 0.6) is 0 Å². The van der Waals surface area contributed by atoms with E-state index in [1.54, 1.807) is 13.8 Å². The lowest BCUT2D eigenvalue weighted by molar-refractivity contribution is -0.137. The number of nitrogens with zero attached hydrogens (tertiary/aromatic N) is 1. The van der Waals surface area contributed by atoms with Gasteiger partial charge in [-0.15, -0.1) is 0 Å². The molecule has 0 saturated carbocycles. The van der Waals surface area contributed by atoms with E-state index in [-0.39, 0.29) is 18.0 Å². The number of hydrogen-bond donors (Lipinski definition) is 1. The van der Waals surface area contributed by atoms with Crippen molar-refractivity contribution in [2.75, 3.05) is 17.6 Å². The van der Waals surface area contributed by atoms with Gasteiger partial charge in [0.2, 0.25) is 0 Å². The van der Waals surface area contributed by atoms with Gasteiger partial charge in [0.1, 0.15) is 0 Å². The zero-order chi connectivity index (χ0) is 16.3. The number of nitriles is 1. The summed E-state index contributed by atoms with van der Waals surface area (Å²) in [6.07, 6.45) is -4.63. The van der Waals surface area contributed by atoms with Gasteiger partial charge in [-0.05, 0) is 32.0 Å². The topological polar surface area (TPSA) is 70.0 Å². The van der Waals surface area contributed by atoms with Crippen molar-refractivity contribution in [3.05, 3.63) is 29.3 Å². The summed E-state index contributed by atoms with van der Waals surface area (Å²) in [6, 6.07) is 4.66. The van der Waals surface area contributed by atoms with Gasteiger partial charge in [-0.1, -0.05) is 0 Å². The Morgan fingerprint density at radius 2 is 1.95 bits per heavy atom. The second-order valence-electron chi connectivity index (χ2n) is 4.71. The molecule has 0 atom stereocenters. The van der Waals surface area contributed by atoms with Gasteiger partial charge in [-0.3, -0.25) is 0 Å². The summed E-state index contributed by atoms with van der Waals surface area (Å²) in [6.45, 7) is 3.08. The molecule has 0 heterocycles. The normalized spacial score (nSPS) is 12.2. The van der Waals surface area contributed by atoms with Crippen molar-refractivity contribution >= 4 is 15.5 Å². The van der Waals surface area contributed by atoms with E-state index in [0.29, 0.717) is 0 Å². The molecule has 1 rings (SSSR count). The number of alkyl halides is 3. The second kappa shape index (κ2) is 6.35. The Bertz CT molecular complexity index is 646. The minimum atomic E-state index is -4.63. The van der Waals surface area contributed by atoms with Crippen LogP contribution in [0.25, 0.3) is 0 Å². The highest BCUT2D eigenvalue weighted by molar-refractivity contribution is 7.92. The smallest absolute Gasteiger partial charge is 0.384 e. The fourth-order valence-electron chi connectivity index (χ4n) is 1.56. The molecule has 0 bridgehead atoms. The summed E-state index contributed by atoms with van der Waals surface area (Å²) >= 11 is 0. The third-order valence-electron chi connectivity index (χ3n) is 2.88. The maximum Gasteiger partial charge on any atom is 0.417 e. The average Bonchev–Trinajstić information content (AvgIpc) is 2.37. The molecule has 0 saturated heterocycles. The van der Waals surface area contributed by atoms with Crippen molar-refractivity contribution in [3.8, 4) is 6.07 Å². The maximum absolute atomic E-state index is 12.8. The summed E-state index contributed by atoms with van der Waals surface area (Å²) < 4.78 is 61.4. The summed E-state index contributed by atoms with van der Waals surface area (Å²) in [5.41, 5.74) is -1.38. The molecule has 0 aliphatic carbocycles. The van der Waals surface area contributed by atoms with Crippen LogP contribution in [0, 0.1) is 11.3 Å². The molecule has 4 nitrogen and oxygen atoms in total. The number of benzene rings is 1. The van der Waals surface area contributed by atoms with Crippen LogP contribution in [0.2, 0.25) is 0 Å². The van der Waals surface area contributed by atoms with Crippen LogP contribution in [-0.2, 0) is 16.0 Å². The van der Waals surface area contributed by atoms with E-state index < -0.39 is 32.4 Å². The average molecular weight is 320 g/mol. The zero-order valence-corrected chi connectivity index (χ0v) is 12.3. The number of halogens is 3. The molecule has 0 aliphatic rings. The number of hydrogen-bond acceptors (Lipinski definition) is 4. The fraction of sp³-hybridized carbons (Fsp3) is 0.462. The third kappa shape index (κ3) is 4.63. The first-order chi connectivity index (χ1) is 9.58. The number of anilines is 1. The van der Waals surface area contributed by atoms with Gasteiger partial charge in [0.25, 0.3) is 0 Å². The molecular formula is C13H15F3N2O2S. The van der Waals surface area contributed by atoms with Gasteiger partial charge in [-0.2, -0.15) is 18.4 Å². The van der Waals surface area contributed by atoms with Crippen molar-refractivity contribution in [1.82, 2.24) is 0 Å². The number of sulfone groups is 1. The van der Waals surface area contributed by atoms with Gasteiger partial charge in [0.05, 0.1) is 28.2 Å². The van der Waals surface area contributed by atoms with E-state index in [2.05, 4.69) is 5.32 Å². The Labute approximate surface area is 121 Å². The standard InChI is InChI=1S/C13H15F3N2O2S/c1-9(2)21(19,20)6-5-18-11-4-3-10(8-17)12(7-11)13(14,15)16/h3-4,7,9,18H,5-6H2,1-2H3. The molecule has 0 radical (unpaired) electrons. The van der Waals surface area contributed by atoms with Crippen LogP contribution >= 0.6 is 0 Å². The largest absolute Gasteiger partial charge is 0.417 e. The minimum absolute atomic E-state index is 0.00368. The first-order valence-corrected chi connectivity index (χ1v) is 7.86. The SMILES string of the molecule is CC(C)S(=O)(=O)CCNc1ccc(C#N)c(C(F)(F)F)c1. The lowest BCUT2D eigenvalue weighted by Gasteiger charge is -2.13. The molecule has 0 spiro atoms. The number of nitrogens with one attached hydrogen (secondary N) is 1. The Kier molecular flexibility index (Phi) is 5.23. The number of rotatable bonds is 5. The van der Waals surface area contributed by atoms with Crippen LogP contribution in [-0.4, -0.2) is 26.0 Å². The molecule has 0 unspecified atom stereocenters. The molecule has 0 amide bonds. The van der Waals surface area contributed by atoms with E-state index in [0.717, 1.165) is 12.1 Å². The highest BCUT2D eigenvalue weighted by Gasteiger charge is 2.33. The van der Waals surface area contributed by atoms with E-state index in [1.165, 1.54) is 12.1 Å². The third-order valence-corrected chi connectivity index (χ3v) is 5.09. The van der Waals surface area contributed by atoms with E-state index in [9.17, 15) is 21.6 Å². The van der Waals surface area contributed by atoms with Gasteiger partial charge in [0, 0.05) is 12.2 Å². The predicted octanol–water partition coefficient (Wildman–Crippen LogP) is 2.81. The molecule has 1 N–H and O–H groups in total. The molecule has 0 fully saturated rings. The van der Waals surface area contributed by atoms with E-state index >= 15 is 0 Å². The summed E-state index contributed by atoms with van der Waals surface area (Å²) in [5.74, 6) is -0.175. The van der Waals surface area contributed by atoms with Crippen molar-refractivity contribution in [2.45, 2.75) is 25.3 Å². The molecule has 21 heavy (non-hydrogen) atoms.